The van der Waals surface area contributed by atoms with Crippen LogP contribution in [0.4, 0.5) is 0 Å². The van der Waals surface area contributed by atoms with Crippen LogP contribution in [0.5, 0.6) is 0 Å². The van der Waals surface area contributed by atoms with Gasteiger partial charge in [-0.2, -0.15) is 0 Å². The Morgan fingerprint density at radius 3 is 2.78 bits per heavy atom. The van der Waals surface area contributed by atoms with E-state index in [0.29, 0.717) is 12.1 Å². The Hall–Kier alpha value is -2.62. The molecule has 0 saturated carbocycles. The second-order valence-electron chi connectivity index (χ2n) is 5.70. The molecule has 0 spiro atoms. The Kier molecular flexibility index (Phi) is 5.92. The topological polar surface area (TPSA) is 46.9 Å². The van der Waals surface area contributed by atoms with Crippen molar-refractivity contribution in [1.29, 1.82) is 0 Å². The number of amides is 1. The van der Waals surface area contributed by atoms with Crippen LogP contribution in [0.2, 0.25) is 0 Å². The molecule has 2 rings (SSSR count). The minimum Gasteiger partial charge on any atom is -0.352 e. The fourth-order valence-corrected chi connectivity index (χ4v) is 2.32. The van der Waals surface area contributed by atoms with Gasteiger partial charge in [-0.15, -0.1) is 0 Å². The number of rotatable bonds is 6. The highest BCUT2D eigenvalue weighted by Gasteiger charge is 2.07. The predicted octanol–water partition coefficient (Wildman–Crippen LogP) is 1.62. The second kappa shape index (κ2) is 8.13. The minimum atomic E-state index is -0.0621. The number of carbonyl (C=O) groups excluding carboxylic acids is 1. The smallest absolute Gasteiger partial charge is 0.251 e. The Morgan fingerprint density at radius 2 is 2.13 bits per heavy atom. The van der Waals surface area contributed by atoms with Gasteiger partial charge in [-0.25, -0.2) is 4.98 Å². The second-order valence-corrected chi connectivity index (χ2v) is 5.70. The van der Waals surface area contributed by atoms with Gasteiger partial charge in [0.15, 0.2) is 0 Å². The summed E-state index contributed by atoms with van der Waals surface area (Å²) in [6.45, 7) is 9.45. The van der Waals surface area contributed by atoms with E-state index in [2.05, 4.69) is 16.9 Å². The van der Waals surface area contributed by atoms with Crippen molar-refractivity contribution >= 4 is 18.1 Å². The molecule has 0 radical (unpaired) electrons. The zero-order valence-electron chi connectivity index (χ0n) is 13.7. The molecular weight excluding hydrogens is 286 g/mol. The first-order chi connectivity index (χ1) is 11.1. The summed E-state index contributed by atoms with van der Waals surface area (Å²) in [6, 6.07) is 7.70. The minimum absolute atomic E-state index is 0.0621. The van der Waals surface area contributed by atoms with Crippen LogP contribution in [0.1, 0.15) is 20.3 Å². The van der Waals surface area contributed by atoms with E-state index in [-0.39, 0.29) is 5.91 Å². The molecule has 0 fully saturated rings. The number of imidazole rings is 1. The lowest BCUT2D eigenvalue weighted by atomic mass is 10.1. The summed E-state index contributed by atoms with van der Waals surface area (Å²) in [5.41, 5.74) is 1.75. The monoisotopic (exact) mass is 309 g/mol. The maximum atomic E-state index is 12.6. The molecule has 0 aliphatic rings. The van der Waals surface area contributed by atoms with Gasteiger partial charge < -0.3 is 9.88 Å². The standard InChI is InChI=1S/C19H23N3O/c1-15(2)13-18(17-8-5-4-7-16(17)3)19(23)21-9-6-11-22-12-10-20-14-22/h4-5,7-8,10,12-14H,3,6,9,11H2,1-2H3,(H,21,23)/b18-17+. The summed E-state index contributed by atoms with van der Waals surface area (Å²) in [5.74, 6) is -0.0621. The van der Waals surface area contributed by atoms with Crippen LogP contribution in [0.3, 0.4) is 0 Å². The van der Waals surface area contributed by atoms with E-state index in [1.807, 2.05) is 55.0 Å². The lowest BCUT2D eigenvalue weighted by Crippen LogP contribution is -2.33. The van der Waals surface area contributed by atoms with Crippen molar-refractivity contribution in [3.05, 3.63) is 65.1 Å². The number of hydrogen-bond donors (Lipinski definition) is 1. The molecule has 1 aromatic carbocycles. The lowest BCUT2D eigenvalue weighted by molar-refractivity contribution is -0.115. The summed E-state index contributed by atoms with van der Waals surface area (Å²) >= 11 is 0. The summed E-state index contributed by atoms with van der Waals surface area (Å²) < 4.78 is 2.00. The molecule has 1 amide bonds. The number of aromatic nitrogens is 2. The van der Waals surface area contributed by atoms with Crippen LogP contribution in [0.25, 0.3) is 12.2 Å². The number of benzene rings is 1. The third-order valence-electron chi connectivity index (χ3n) is 3.42. The van der Waals surface area contributed by atoms with Gasteiger partial charge in [0, 0.05) is 31.1 Å². The number of aryl methyl sites for hydroxylation is 1. The van der Waals surface area contributed by atoms with Crippen molar-refractivity contribution in [1.82, 2.24) is 14.9 Å². The molecule has 23 heavy (non-hydrogen) atoms. The van der Waals surface area contributed by atoms with Crippen molar-refractivity contribution in [3.63, 3.8) is 0 Å². The highest BCUT2D eigenvalue weighted by Crippen LogP contribution is 2.01. The molecule has 1 N–H and O–H groups in total. The van der Waals surface area contributed by atoms with E-state index < -0.39 is 0 Å². The van der Waals surface area contributed by atoms with Crippen molar-refractivity contribution in [2.24, 2.45) is 0 Å². The maximum absolute atomic E-state index is 12.6. The van der Waals surface area contributed by atoms with Crippen molar-refractivity contribution in [2.75, 3.05) is 6.54 Å². The average molecular weight is 309 g/mol. The molecule has 2 aromatic rings. The summed E-state index contributed by atoms with van der Waals surface area (Å²) in [6.07, 6.45) is 8.22. The summed E-state index contributed by atoms with van der Waals surface area (Å²) in [5, 5.41) is 4.73. The molecule has 0 aliphatic heterocycles. The molecule has 0 unspecified atom stereocenters. The highest BCUT2D eigenvalue weighted by atomic mass is 16.1. The summed E-state index contributed by atoms with van der Waals surface area (Å²) in [7, 11) is 0. The van der Waals surface area contributed by atoms with Gasteiger partial charge in [-0.05, 0) is 30.7 Å². The number of allylic oxidation sites excluding steroid dienone is 1. The Labute approximate surface area is 136 Å². The van der Waals surface area contributed by atoms with Crippen molar-refractivity contribution in [3.8, 4) is 0 Å². The molecule has 120 valence electrons. The van der Waals surface area contributed by atoms with Crippen LogP contribution in [-0.4, -0.2) is 22.0 Å². The lowest BCUT2D eigenvalue weighted by Gasteiger charge is -2.08. The van der Waals surface area contributed by atoms with E-state index in [1.54, 1.807) is 12.5 Å². The molecule has 1 aromatic heterocycles. The largest absolute Gasteiger partial charge is 0.352 e. The molecule has 0 aliphatic carbocycles. The predicted molar refractivity (Wildman–Crippen MR) is 93.9 cm³/mol. The number of nitrogens with one attached hydrogen (secondary N) is 1. The maximum Gasteiger partial charge on any atom is 0.251 e. The van der Waals surface area contributed by atoms with Gasteiger partial charge in [0.05, 0.1) is 6.33 Å². The third kappa shape index (κ3) is 4.95. The van der Waals surface area contributed by atoms with Crippen molar-refractivity contribution in [2.45, 2.75) is 26.8 Å². The van der Waals surface area contributed by atoms with Crippen LogP contribution < -0.4 is 15.8 Å². The van der Waals surface area contributed by atoms with E-state index in [1.165, 1.54) is 0 Å². The average Bonchev–Trinajstić information content (AvgIpc) is 3.03. The van der Waals surface area contributed by atoms with Crippen LogP contribution >= 0.6 is 0 Å². The zero-order valence-corrected chi connectivity index (χ0v) is 13.7. The van der Waals surface area contributed by atoms with Gasteiger partial charge in [-0.1, -0.05) is 42.5 Å². The van der Waals surface area contributed by atoms with E-state index >= 15 is 0 Å². The Balaban J connectivity index is 2.10. The van der Waals surface area contributed by atoms with Crippen LogP contribution in [0, 0.1) is 0 Å². The highest BCUT2D eigenvalue weighted by molar-refractivity contribution is 6.17. The number of carbonyl (C=O) groups is 1. The molecule has 0 saturated heterocycles. The molecule has 0 bridgehead atoms. The molecule has 1 heterocycles. The van der Waals surface area contributed by atoms with Crippen LogP contribution in [0.15, 0.2) is 54.6 Å². The molecule has 4 heteroatoms. The first-order valence-corrected chi connectivity index (χ1v) is 7.75. The quantitative estimate of drug-likeness (QED) is 0.824. The first-order valence-electron chi connectivity index (χ1n) is 7.75. The molecule has 0 atom stereocenters. The van der Waals surface area contributed by atoms with Gasteiger partial charge in [-0.3, -0.25) is 4.79 Å². The van der Waals surface area contributed by atoms with Crippen molar-refractivity contribution < 1.29 is 4.79 Å². The van der Waals surface area contributed by atoms with Crippen LogP contribution in [-0.2, 0) is 11.3 Å². The number of hydrogen-bond acceptors (Lipinski definition) is 2. The number of nitrogens with zero attached hydrogens (tertiary/aromatic N) is 2. The van der Waals surface area contributed by atoms with E-state index in [9.17, 15) is 4.79 Å². The van der Waals surface area contributed by atoms with Gasteiger partial charge in [0.1, 0.15) is 0 Å². The van der Waals surface area contributed by atoms with Gasteiger partial charge in [0.25, 0.3) is 5.91 Å². The Morgan fingerprint density at radius 1 is 1.35 bits per heavy atom. The fraction of sp³-hybridized carbons (Fsp3) is 0.263. The first kappa shape index (κ1) is 16.7. The molecule has 4 nitrogen and oxygen atoms in total. The zero-order chi connectivity index (χ0) is 16.7. The normalized spacial score (nSPS) is 11.7. The Bertz CT molecular complexity index is 784. The van der Waals surface area contributed by atoms with E-state index in [4.69, 9.17) is 0 Å². The third-order valence-corrected chi connectivity index (χ3v) is 3.42. The van der Waals surface area contributed by atoms with Gasteiger partial charge >= 0.3 is 0 Å². The van der Waals surface area contributed by atoms with Gasteiger partial charge in [0.2, 0.25) is 0 Å². The molecular formula is C19H23N3O. The fourth-order valence-electron chi connectivity index (χ4n) is 2.32. The SMILES string of the molecule is C=c1cccc/c1=C(/C=C(C)C)C(=O)NCCCn1ccnc1. The summed E-state index contributed by atoms with van der Waals surface area (Å²) in [4.78, 5) is 16.6. The van der Waals surface area contributed by atoms with E-state index in [0.717, 1.165) is 29.0 Å².